The number of carbonyl (C=O) groups excluding carboxylic acids is 1. The zero-order valence-electron chi connectivity index (χ0n) is 18.6. The number of sulfonamides is 1. The Morgan fingerprint density at radius 1 is 1.09 bits per heavy atom. The van der Waals surface area contributed by atoms with Crippen LogP contribution in [-0.4, -0.2) is 51.1 Å². The van der Waals surface area contributed by atoms with Crippen LogP contribution in [0.25, 0.3) is 0 Å². The Bertz CT molecular complexity index is 1130. The quantitative estimate of drug-likeness (QED) is 0.444. The minimum atomic E-state index is -4.39. The Labute approximate surface area is 195 Å². The number of alkyl halides is 3. The van der Waals surface area contributed by atoms with Crippen LogP contribution < -0.4 is 15.0 Å². The lowest BCUT2D eigenvalue weighted by Gasteiger charge is -2.32. The Hall–Kier alpha value is -2.83. The molecule has 2 aromatic carbocycles. The molecule has 34 heavy (non-hydrogen) atoms. The van der Waals surface area contributed by atoms with E-state index in [9.17, 15) is 26.4 Å². The van der Waals surface area contributed by atoms with Crippen LogP contribution >= 0.6 is 0 Å². The van der Waals surface area contributed by atoms with Crippen LogP contribution in [0, 0.1) is 5.92 Å². The molecule has 1 amide bonds. The van der Waals surface area contributed by atoms with Crippen LogP contribution in [0.5, 0.6) is 11.5 Å². The second-order valence-corrected chi connectivity index (χ2v) is 9.77. The van der Waals surface area contributed by atoms with Gasteiger partial charge in [0, 0.05) is 13.1 Å². The van der Waals surface area contributed by atoms with Crippen molar-refractivity contribution < 1.29 is 41.1 Å². The zero-order valence-corrected chi connectivity index (χ0v) is 19.4. The standard InChI is InChI=1S/C22H25F3N2O6S/c1-32-17-7-8-18(19(20(17)33-2)21(28)26-29)34(30,31)27-11-9-15(10-12-27)13-14-3-5-16(6-4-14)22(23,24)25/h3-8,15,29H,9-13H2,1-2H3,(H,26,28). The second kappa shape index (κ2) is 10.2. The lowest BCUT2D eigenvalue weighted by atomic mass is 9.91. The van der Waals surface area contributed by atoms with Gasteiger partial charge in [-0.25, -0.2) is 13.9 Å². The molecule has 1 aliphatic rings. The number of rotatable bonds is 7. The van der Waals surface area contributed by atoms with Crippen molar-refractivity contribution in [2.75, 3.05) is 27.3 Å². The summed E-state index contributed by atoms with van der Waals surface area (Å²) < 4.78 is 76.5. The average molecular weight is 503 g/mol. The van der Waals surface area contributed by atoms with E-state index >= 15 is 0 Å². The summed E-state index contributed by atoms with van der Waals surface area (Å²) in [5.74, 6) is -0.983. The number of hydroxylamine groups is 1. The van der Waals surface area contributed by atoms with Gasteiger partial charge in [0.15, 0.2) is 11.5 Å². The highest BCUT2D eigenvalue weighted by molar-refractivity contribution is 7.89. The monoisotopic (exact) mass is 502 g/mol. The van der Waals surface area contributed by atoms with Crippen molar-refractivity contribution in [3.63, 3.8) is 0 Å². The number of ether oxygens (including phenoxy) is 2. The third-order valence-electron chi connectivity index (χ3n) is 5.83. The number of piperidine rings is 1. The summed E-state index contributed by atoms with van der Waals surface area (Å²) in [5.41, 5.74) is 1.10. The Morgan fingerprint density at radius 3 is 2.21 bits per heavy atom. The van der Waals surface area contributed by atoms with E-state index in [-0.39, 0.29) is 41.0 Å². The Balaban J connectivity index is 1.77. The van der Waals surface area contributed by atoms with Crippen molar-refractivity contribution >= 4 is 15.9 Å². The number of nitrogens with zero attached hydrogens (tertiary/aromatic N) is 1. The maximum Gasteiger partial charge on any atom is 0.416 e. The molecule has 2 N–H and O–H groups in total. The van der Waals surface area contributed by atoms with Crippen LogP contribution in [0.2, 0.25) is 0 Å². The van der Waals surface area contributed by atoms with E-state index in [2.05, 4.69) is 0 Å². The van der Waals surface area contributed by atoms with E-state index < -0.39 is 27.7 Å². The predicted octanol–water partition coefficient (Wildman–Crippen LogP) is 3.49. The van der Waals surface area contributed by atoms with Crippen LogP contribution in [0.3, 0.4) is 0 Å². The van der Waals surface area contributed by atoms with Crippen molar-refractivity contribution in [3.05, 3.63) is 53.1 Å². The highest BCUT2D eigenvalue weighted by Gasteiger charge is 2.35. The first-order chi connectivity index (χ1) is 16.0. The van der Waals surface area contributed by atoms with E-state index in [1.165, 1.54) is 48.3 Å². The van der Waals surface area contributed by atoms with Crippen molar-refractivity contribution in [1.82, 2.24) is 9.79 Å². The molecule has 1 aliphatic heterocycles. The maximum atomic E-state index is 13.4. The number of benzene rings is 2. The van der Waals surface area contributed by atoms with E-state index in [1.807, 2.05) is 0 Å². The fourth-order valence-electron chi connectivity index (χ4n) is 4.05. The molecule has 0 unspecified atom stereocenters. The predicted molar refractivity (Wildman–Crippen MR) is 115 cm³/mol. The molecule has 1 saturated heterocycles. The van der Waals surface area contributed by atoms with Crippen molar-refractivity contribution in [2.45, 2.75) is 30.3 Å². The molecule has 0 atom stereocenters. The van der Waals surface area contributed by atoms with E-state index in [0.717, 1.165) is 17.7 Å². The van der Waals surface area contributed by atoms with Gasteiger partial charge in [0.1, 0.15) is 5.56 Å². The summed E-state index contributed by atoms with van der Waals surface area (Å²) in [6.07, 6.45) is -2.88. The molecule has 8 nitrogen and oxygen atoms in total. The number of amides is 1. The minimum absolute atomic E-state index is 0.0915. The normalized spacial score (nSPS) is 15.7. The fraction of sp³-hybridized carbons (Fsp3) is 0.409. The Morgan fingerprint density at radius 2 is 1.71 bits per heavy atom. The average Bonchev–Trinajstić information content (AvgIpc) is 2.82. The van der Waals surface area contributed by atoms with Crippen molar-refractivity contribution in [2.24, 2.45) is 5.92 Å². The first-order valence-electron chi connectivity index (χ1n) is 10.4. The summed E-state index contributed by atoms with van der Waals surface area (Å²) in [5, 5.41) is 9.14. The van der Waals surface area contributed by atoms with Gasteiger partial charge in [-0.3, -0.25) is 10.0 Å². The third kappa shape index (κ3) is 5.29. The molecule has 0 radical (unpaired) electrons. The summed E-state index contributed by atoms with van der Waals surface area (Å²) in [4.78, 5) is 12.0. The summed E-state index contributed by atoms with van der Waals surface area (Å²) in [7, 11) is -1.55. The SMILES string of the molecule is COc1ccc(S(=O)(=O)N2CCC(Cc3ccc(C(F)(F)F)cc3)CC2)c(C(=O)NO)c1OC. The third-order valence-corrected chi connectivity index (χ3v) is 7.77. The molecule has 0 bridgehead atoms. The molecular formula is C22H25F3N2O6S. The van der Waals surface area contributed by atoms with Crippen molar-refractivity contribution in [3.8, 4) is 11.5 Å². The number of nitrogens with one attached hydrogen (secondary N) is 1. The molecule has 186 valence electrons. The summed E-state index contributed by atoms with van der Waals surface area (Å²) in [6, 6.07) is 7.54. The number of halogens is 3. The van der Waals surface area contributed by atoms with E-state index in [0.29, 0.717) is 19.3 Å². The molecule has 0 saturated carbocycles. The van der Waals surface area contributed by atoms with Crippen molar-refractivity contribution in [1.29, 1.82) is 0 Å². The molecule has 0 spiro atoms. The smallest absolute Gasteiger partial charge is 0.416 e. The first kappa shape index (κ1) is 25.8. The number of hydrogen-bond acceptors (Lipinski definition) is 6. The van der Waals surface area contributed by atoms with Gasteiger partial charge in [-0.15, -0.1) is 0 Å². The summed E-state index contributed by atoms with van der Waals surface area (Å²) >= 11 is 0. The molecular weight excluding hydrogens is 477 g/mol. The highest BCUT2D eigenvalue weighted by Crippen LogP contribution is 2.37. The van der Waals surface area contributed by atoms with Gasteiger partial charge in [-0.05, 0) is 55.0 Å². The van der Waals surface area contributed by atoms with Crippen LogP contribution in [0.1, 0.15) is 34.3 Å². The molecule has 2 aromatic rings. The highest BCUT2D eigenvalue weighted by atomic mass is 32.2. The van der Waals surface area contributed by atoms with Crippen LogP contribution in [-0.2, 0) is 22.6 Å². The van der Waals surface area contributed by atoms with Crippen LogP contribution in [0.4, 0.5) is 13.2 Å². The molecule has 1 fully saturated rings. The number of hydrogen-bond donors (Lipinski definition) is 2. The number of carbonyl (C=O) groups is 1. The second-order valence-electron chi connectivity index (χ2n) is 7.86. The maximum absolute atomic E-state index is 13.4. The molecule has 3 rings (SSSR count). The topological polar surface area (TPSA) is 105 Å². The molecule has 1 heterocycles. The zero-order chi connectivity index (χ0) is 25.1. The van der Waals surface area contributed by atoms with Gasteiger partial charge in [-0.1, -0.05) is 12.1 Å². The minimum Gasteiger partial charge on any atom is -0.493 e. The molecule has 12 heteroatoms. The number of methoxy groups -OCH3 is 2. The Kier molecular flexibility index (Phi) is 7.74. The van der Waals surface area contributed by atoms with Gasteiger partial charge in [-0.2, -0.15) is 17.5 Å². The van der Waals surface area contributed by atoms with E-state index in [4.69, 9.17) is 14.7 Å². The fourth-order valence-corrected chi connectivity index (χ4v) is 5.70. The molecule has 0 aliphatic carbocycles. The molecule has 0 aromatic heterocycles. The largest absolute Gasteiger partial charge is 0.493 e. The van der Waals surface area contributed by atoms with Gasteiger partial charge in [0.05, 0.1) is 24.7 Å². The lowest BCUT2D eigenvalue weighted by Crippen LogP contribution is -2.39. The van der Waals surface area contributed by atoms with E-state index in [1.54, 1.807) is 0 Å². The van der Waals surface area contributed by atoms with Gasteiger partial charge < -0.3 is 9.47 Å². The lowest BCUT2D eigenvalue weighted by molar-refractivity contribution is -0.137. The first-order valence-corrected chi connectivity index (χ1v) is 11.8. The van der Waals surface area contributed by atoms with Gasteiger partial charge in [0.2, 0.25) is 10.0 Å². The van der Waals surface area contributed by atoms with Gasteiger partial charge in [0.25, 0.3) is 5.91 Å². The summed E-state index contributed by atoms with van der Waals surface area (Å²) in [6.45, 7) is 0.338. The van der Waals surface area contributed by atoms with Crippen LogP contribution in [0.15, 0.2) is 41.3 Å². The van der Waals surface area contributed by atoms with Gasteiger partial charge >= 0.3 is 6.18 Å².